The molecule has 0 spiro atoms. The number of amides is 1. The predicted octanol–water partition coefficient (Wildman–Crippen LogP) is 2.54. The second kappa shape index (κ2) is 8.89. The van der Waals surface area contributed by atoms with Crippen molar-refractivity contribution in [3.05, 3.63) is 47.4 Å². The molecule has 2 aromatic rings. The molecular weight excluding hydrogens is 335 g/mol. The fraction of sp³-hybridized carbons (Fsp3) is 0.526. The molecule has 0 atom stereocenters. The summed E-state index contributed by atoms with van der Waals surface area (Å²) in [5, 5.41) is 6.86. The number of piperidine rings is 1. The van der Waals surface area contributed by atoms with Gasteiger partial charge in [0.25, 0.3) is 0 Å². The fourth-order valence-corrected chi connectivity index (χ4v) is 3.33. The number of hydrogen-bond acceptors (Lipinski definition) is 5. The van der Waals surface area contributed by atoms with E-state index in [9.17, 15) is 9.18 Å². The van der Waals surface area contributed by atoms with Crippen LogP contribution in [0.3, 0.4) is 0 Å². The third-order valence-electron chi connectivity index (χ3n) is 4.75. The molecule has 0 saturated carbocycles. The first kappa shape index (κ1) is 18.5. The average Bonchev–Trinajstić information content (AvgIpc) is 3.03. The standard InChI is InChI=1S/C19H25FN4O2/c1-14(25)21-8-5-15-6-9-24(10-7-15)13-19-22-18(23-26-19)12-16-3-2-4-17(20)11-16/h2-4,11,15H,5-10,12-13H2,1H3,(H,21,25). The van der Waals surface area contributed by atoms with Crippen molar-refractivity contribution in [2.24, 2.45) is 5.92 Å². The van der Waals surface area contributed by atoms with Gasteiger partial charge in [0.2, 0.25) is 11.8 Å². The topological polar surface area (TPSA) is 71.3 Å². The number of nitrogens with zero attached hydrogens (tertiary/aromatic N) is 3. The van der Waals surface area contributed by atoms with E-state index in [0.717, 1.165) is 44.5 Å². The second-order valence-electron chi connectivity index (χ2n) is 6.90. The van der Waals surface area contributed by atoms with Crippen LogP contribution in [0.5, 0.6) is 0 Å². The highest BCUT2D eigenvalue weighted by atomic mass is 19.1. The molecule has 26 heavy (non-hydrogen) atoms. The minimum Gasteiger partial charge on any atom is -0.356 e. The molecule has 140 valence electrons. The molecule has 1 fully saturated rings. The van der Waals surface area contributed by atoms with E-state index in [1.54, 1.807) is 13.0 Å². The molecule has 1 aromatic carbocycles. The summed E-state index contributed by atoms with van der Waals surface area (Å²) in [5.74, 6) is 1.62. The summed E-state index contributed by atoms with van der Waals surface area (Å²) in [6, 6.07) is 6.44. The van der Waals surface area contributed by atoms with E-state index >= 15 is 0 Å². The Kier molecular flexibility index (Phi) is 6.33. The van der Waals surface area contributed by atoms with Crippen molar-refractivity contribution in [3.63, 3.8) is 0 Å². The van der Waals surface area contributed by atoms with Crippen molar-refractivity contribution in [3.8, 4) is 0 Å². The normalized spacial score (nSPS) is 15.9. The van der Waals surface area contributed by atoms with E-state index in [0.29, 0.717) is 30.6 Å². The SMILES string of the molecule is CC(=O)NCCC1CCN(Cc2nc(Cc3cccc(F)c3)no2)CC1. The molecule has 1 amide bonds. The van der Waals surface area contributed by atoms with Gasteiger partial charge in [-0.05, 0) is 56.0 Å². The summed E-state index contributed by atoms with van der Waals surface area (Å²) in [6.45, 7) is 4.94. The van der Waals surface area contributed by atoms with E-state index in [1.165, 1.54) is 12.1 Å². The van der Waals surface area contributed by atoms with E-state index in [4.69, 9.17) is 4.52 Å². The summed E-state index contributed by atoms with van der Waals surface area (Å²) in [6.07, 6.45) is 3.73. The maximum absolute atomic E-state index is 13.2. The number of halogens is 1. The quantitative estimate of drug-likeness (QED) is 0.822. The van der Waals surface area contributed by atoms with E-state index in [1.807, 2.05) is 6.07 Å². The van der Waals surface area contributed by atoms with Gasteiger partial charge in [0.05, 0.1) is 6.54 Å². The van der Waals surface area contributed by atoms with Gasteiger partial charge in [-0.25, -0.2) is 4.39 Å². The number of likely N-dealkylation sites (tertiary alicyclic amines) is 1. The van der Waals surface area contributed by atoms with Gasteiger partial charge in [-0.2, -0.15) is 4.98 Å². The molecule has 3 rings (SSSR count). The molecule has 6 nitrogen and oxygen atoms in total. The molecule has 0 radical (unpaired) electrons. The molecule has 0 bridgehead atoms. The molecular formula is C19H25FN4O2. The Morgan fingerprint density at radius 1 is 1.38 bits per heavy atom. The van der Waals surface area contributed by atoms with Crippen LogP contribution in [-0.2, 0) is 17.8 Å². The average molecular weight is 360 g/mol. The van der Waals surface area contributed by atoms with Gasteiger partial charge in [0.15, 0.2) is 5.82 Å². The van der Waals surface area contributed by atoms with Crippen LogP contribution >= 0.6 is 0 Å². The Morgan fingerprint density at radius 3 is 2.92 bits per heavy atom. The zero-order valence-electron chi connectivity index (χ0n) is 15.1. The highest BCUT2D eigenvalue weighted by Crippen LogP contribution is 2.21. The third kappa shape index (κ3) is 5.62. The number of carbonyl (C=O) groups is 1. The Hall–Kier alpha value is -2.28. The number of carbonyl (C=O) groups excluding carboxylic acids is 1. The number of aromatic nitrogens is 2. The van der Waals surface area contributed by atoms with Gasteiger partial charge in [-0.3, -0.25) is 9.69 Å². The van der Waals surface area contributed by atoms with Crippen LogP contribution in [0.4, 0.5) is 4.39 Å². The highest BCUT2D eigenvalue weighted by Gasteiger charge is 2.21. The number of nitrogens with one attached hydrogen (secondary N) is 1. The molecule has 7 heteroatoms. The Bertz CT molecular complexity index is 726. The largest absolute Gasteiger partial charge is 0.356 e. The minimum atomic E-state index is -0.257. The van der Waals surface area contributed by atoms with Gasteiger partial charge in [0, 0.05) is 19.9 Å². The molecule has 2 heterocycles. The monoisotopic (exact) mass is 360 g/mol. The number of rotatable bonds is 7. The van der Waals surface area contributed by atoms with E-state index in [2.05, 4.69) is 20.4 Å². The lowest BCUT2D eigenvalue weighted by atomic mass is 9.93. The summed E-state index contributed by atoms with van der Waals surface area (Å²) in [7, 11) is 0. The lowest BCUT2D eigenvalue weighted by Crippen LogP contribution is -2.34. The van der Waals surface area contributed by atoms with Crippen LogP contribution in [0, 0.1) is 11.7 Å². The van der Waals surface area contributed by atoms with Crippen molar-refractivity contribution >= 4 is 5.91 Å². The second-order valence-corrected chi connectivity index (χ2v) is 6.90. The van der Waals surface area contributed by atoms with Crippen molar-refractivity contribution in [1.82, 2.24) is 20.4 Å². The number of benzene rings is 1. The van der Waals surface area contributed by atoms with Crippen LogP contribution in [0.25, 0.3) is 0 Å². The Labute approximate surface area is 152 Å². The van der Waals surface area contributed by atoms with Crippen molar-refractivity contribution in [1.29, 1.82) is 0 Å². The smallest absolute Gasteiger partial charge is 0.240 e. The van der Waals surface area contributed by atoms with Crippen LogP contribution < -0.4 is 5.32 Å². The maximum atomic E-state index is 13.2. The lowest BCUT2D eigenvalue weighted by Gasteiger charge is -2.30. The van der Waals surface area contributed by atoms with Crippen molar-refractivity contribution < 1.29 is 13.7 Å². The minimum absolute atomic E-state index is 0.0351. The zero-order valence-corrected chi connectivity index (χ0v) is 15.1. The first-order valence-corrected chi connectivity index (χ1v) is 9.11. The molecule has 1 aromatic heterocycles. The first-order chi connectivity index (χ1) is 12.6. The summed E-state index contributed by atoms with van der Waals surface area (Å²) in [5.41, 5.74) is 0.831. The Balaban J connectivity index is 1.43. The maximum Gasteiger partial charge on any atom is 0.240 e. The lowest BCUT2D eigenvalue weighted by molar-refractivity contribution is -0.119. The molecule has 0 unspecified atom stereocenters. The molecule has 1 aliphatic rings. The van der Waals surface area contributed by atoms with Gasteiger partial charge in [0.1, 0.15) is 5.82 Å². The summed E-state index contributed by atoms with van der Waals surface area (Å²) in [4.78, 5) is 17.7. The van der Waals surface area contributed by atoms with Crippen LogP contribution in [0.2, 0.25) is 0 Å². The Morgan fingerprint density at radius 2 is 2.19 bits per heavy atom. The van der Waals surface area contributed by atoms with Crippen molar-refractivity contribution in [2.75, 3.05) is 19.6 Å². The molecule has 1 aliphatic heterocycles. The number of hydrogen-bond donors (Lipinski definition) is 1. The summed E-state index contributed by atoms with van der Waals surface area (Å²) >= 11 is 0. The molecule has 0 aliphatic carbocycles. The zero-order chi connectivity index (χ0) is 18.4. The fourth-order valence-electron chi connectivity index (χ4n) is 3.33. The van der Waals surface area contributed by atoms with Gasteiger partial charge >= 0.3 is 0 Å². The summed E-state index contributed by atoms with van der Waals surface area (Å²) < 4.78 is 18.6. The molecule has 1 saturated heterocycles. The van der Waals surface area contributed by atoms with E-state index < -0.39 is 0 Å². The van der Waals surface area contributed by atoms with Crippen LogP contribution in [-0.4, -0.2) is 40.6 Å². The van der Waals surface area contributed by atoms with Crippen LogP contribution in [0.15, 0.2) is 28.8 Å². The van der Waals surface area contributed by atoms with Crippen molar-refractivity contribution in [2.45, 2.75) is 39.2 Å². The third-order valence-corrected chi connectivity index (χ3v) is 4.75. The first-order valence-electron chi connectivity index (χ1n) is 9.11. The predicted molar refractivity (Wildman–Crippen MR) is 94.8 cm³/mol. The van der Waals surface area contributed by atoms with Gasteiger partial charge in [-0.15, -0.1) is 0 Å². The molecule has 1 N–H and O–H groups in total. The van der Waals surface area contributed by atoms with E-state index in [-0.39, 0.29) is 11.7 Å². The van der Waals surface area contributed by atoms with Gasteiger partial charge < -0.3 is 9.84 Å². The highest BCUT2D eigenvalue weighted by molar-refractivity contribution is 5.72. The van der Waals surface area contributed by atoms with Crippen LogP contribution in [0.1, 0.15) is 43.5 Å². The van der Waals surface area contributed by atoms with Gasteiger partial charge in [-0.1, -0.05) is 17.3 Å².